The molecule has 146 valence electrons. The number of ether oxygens (including phenoxy) is 1. The fourth-order valence-electron chi connectivity index (χ4n) is 2.01. The Bertz CT molecular complexity index is 701. The van der Waals surface area contributed by atoms with Crippen molar-refractivity contribution in [1.29, 1.82) is 0 Å². The van der Waals surface area contributed by atoms with Crippen LogP contribution in [0.3, 0.4) is 0 Å². The van der Waals surface area contributed by atoms with Crippen molar-refractivity contribution >= 4 is 29.8 Å². The third kappa shape index (κ3) is 8.66. The Labute approximate surface area is 158 Å². The fourth-order valence-corrected chi connectivity index (χ4v) is 2.01. The highest BCUT2D eigenvalue weighted by Crippen LogP contribution is 2.06. The highest BCUT2D eigenvalue weighted by Gasteiger charge is 2.18. The van der Waals surface area contributed by atoms with E-state index in [4.69, 9.17) is 4.74 Å². The van der Waals surface area contributed by atoms with Crippen molar-refractivity contribution in [3.05, 3.63) is 41.6 Å². The van der Waals surface area contributed by atoms with Crippen molar-refractivity contribution in [3.63, 3.8) is 0 Å². The molecule has 0 unspecified atom stereocenters. The van der Waals surface area contributed by atoms with Crippen LogP contribution >= 0.6 is 0 Å². The van der Waals surface area contributed by atoms with Crippen molar-refractivity contribution in [2.75, 3.05) is 13.2 Å². The van der Waals surface area contributed by atoms with Gasteiger partial charge >= 0.3 is 5.97 Å². The lowest BCUT2D eigenvalue weighted by atomic mass is 10.2. The minimum atomic E-state index is -0.854. The maximum Gasteiger partial charge on any atom is 0.355 e. The molecule has 1 aromatic carbocycles. The van der Waals surface area contributed by atoms with Gasteiger partial charge in [-0.3, -0.25) is 14.4 Å². The average Bonchev–Trinajstić information content (AvgIpc) is 2.64. The Morgan fingerprint density at radius 2 is 1.81 bits per heavy atom. The van der Waals surface area contributed by atoms with Crippen molar-refractivity contribution in [3.8, 4) is 0 Å². The van der Waals surface area contributed by atoms with Crippen LogP contribution in [-0.4, -0.2) is 42.9 Å². The molecule has 0 radical (unpaired) electrons. The third-order valence-electron chi connectivity index (χ3n) is 3.30. The predicted octanol–water partition coefficient (Wildman–Crippen LogP) is 0.738. The van der Waals surface area contributed by atoms with Crippen LogP contribution in [0.25, 0.3) is 6.08 Å². The molecule has 27 heavy (non-hydrogen) atoms. The molecule has 8 heteroatoms. The second kappa shape index (κ2) is 11.5. The second-order valence-corrected chi connectivity index (χ2v) is 5.81. The molecule has 0 spiro atoms. The van der Waals surface area contributed by atoms with Crippen molar-refractivity contribution in [1.82, 2.24) is 16.0 Å². The molecule has 0 aliphatic heterocycles. The summed E-state index contributed by atoms with van der Waals surface area (Å²) in [6, 6.07) is 8.12. The first kappa shape index (κ1) is 21.9. The molecule has 0 aliphatic carbocycles. The summed E-state index contributed by atoms with van der Waals surface area (Å²) >= 11 is 0. The number of nitrogens with one attached hydrogen (secondary N) is 3. The molecule has 1 rings (SSSR count). The summed E-state index contributed by atoms with van der Waals surface area (Å²) < 4.78 is 4.94. The lowest BCUT2D eigenvalue weighted by Crippen LogP contribution is -2.46. The van der Waals surface area contributed by atoms with Gasteiger partial charge in [0.1, 0.15) is 11.7 Å². The van der Waals surface area contributed by atoms with Gasteiger partial charge in [-0.2, -0.15) is 0 Å². The zero-order chi connectivity index (χ0) is 20.2. The first-order valence-electron chi connectivity index (χ1n) is 8.62. The van der Waals surface area contributed by atoms with Crippen molar-refractivity contribution in [2.45, 2.75) is 33.2 Å². The molecule has 3 amide bonds. The zero-order valence-electron chi connectivity index (χ0n) is 15.7. The van der Waals surface area contributed by atoms with Crippen LogP contribution in [0.5, 0.6) is 0 Å². The van der Waals surface area contributed by atoms with Gasteiger partial charge in [-0.1, -0.05) is 37.3 Å². The van der Waals surface area contributed by atoms with Gasteiger partial charge in [0.05, 0.1) is 0 Å². The molecular formula is C19H25N3O5. The van der Waals surface area contributed by atoms with E-state index in [0.29, 0.717) is 12.1 Å². The number of esters is 1. The quantitative estimate of drug-likeness (QED) is 0.435. The van der Waals surface area contributed by atoms with Gasteiger partial charge in [0, 0.05) is 13.5 Å². The topological polar surface area (TPSA) is 114 Å². The van der Waals surface area contributed by atoms with E-state index in [1.165, 1.54) is 19.9 Å². The summed E-state index contributed by atoms with van der Waals surface area (Å²) in [5.74, 6) is -2.24. The van der Waals surface area contributed by atoms with Gasteiger partial charge in [-0.15, -0.1) is 0 Å². The highest BCUT2D eigenvalue weighted by atomic mass is 16.5. The van der Waals surface area contributed by atoms with E-state index in [0.717, 1.165) is 6.42 Å². The number of hydrogen-bond donors (Lipinski definition) is 3. The van der Waals surface area contributed by atoms with Gasteiger partial charge in [-0.05, 0) is 25.0 Å². The molecule has 1 atom stereocenters. The predicted molar refractivity (Wildman–Crippen MR) is 100 cm³/mol. The number of amides is 3. The Hall–Kier alpha value is -3.16. The molecular weight excluding hydrogens is 350 g/mol. The molecule has 8 nitrogen and oxygen atoms in total. The average molecular weight is 375 g/mol. The Balaban J connectivity index is 2.63. The summed E-state index contributed by atoms with van der Waals surface area (Å²) in [7, 11) is 0. The summed E-state index contributed by atoms with van der Waals surface area (Å²) in [5, 5.41) is 7.48. The maximum atomic E-state index is 12.2. The SMILES string of the molecule is CCCNC(=O)[C@@H](C)NC(=O)COC(=O)/C(=C/c1ccccc1)NC(C)=O. The van der Waals surface area contributed by atoms with Crippen LogP contribution in [0.2, 0.25) is 0 Å². The van der Waals surface area contributed by atoms with Crippen LogP contribution in [0.4, 0.5) is 0 Å². The minimum absolute atomic E-state index is 0.0877. The van der Waals surface area contributed by atoms with Crippen LogP contribution in [-0.2, 0) is 23.9 Å². The van der Waals surface area contributed by atoms with Crippen LogP contribution in [0, 0.1) is 0 Å². The standard InChI is InChI=1S/C19H25N3O5/c1-4-10-20-18(25)13(2)21-17(24)12-27-19(26)16(22-14(3)23)11-15-8-6-5-7-9-15/h5-9,11,13H,4,10,12H2,1-3H3,(H,20,25)(H,21,24)(H,22,23)/b16-11-/t13-/m1/s1. The number of hydrogen-bond acceptors (Lipinski definition) is 5. The van der Waals surface area contributed by atoms with E-state index in [1.807, 2.05) is 13.0 Å². The monoisotopic (exact) mass is 375 g/mol. The molecule has 0 saturated heterocycles. The molecule has 3 N–H and O–H groups in total. The lowest BCUT2D eigenvalue weighted by Gasteiger charge is -2.14. The zero-order valence-corrected chi connectivity index (χ0v) is 15.7. The normalized spacial score (nSPS) is 11.9. The summed E-state index contributed by atoms with van der Waals surface area (Å²) in [4.78, 5) is 47.1. The lowest BCUT2D eigenvalue weighted by molar-refractivity contribution is -0.146. The van der Waals surface area contributed by atoms with Crippen LogP contribution in [0.1, 0.15) is 32.8 Å². The van der Waals surface area contributed by atoms with Gasteiger partial charge in [0.25, 0.3) is 5.91 Å². The third-order valence-corrected chi connectivity index (χ3v) is 3.30. The maximum absolute atomic E-state index is 12.2. The van der Waals surface area contributed by atoms with E-state index in [1.54, 1.807) is 24.3 Å². The van der Waals surface area contributed by atoms with E-state index >= 15 is 0 Å². The Kier molecular flexibility index (Phi) is 9.28. The van der Waals surface area contributed by atoms with Crippen LogP contribution < -0.4 is 16.0 Å². The number of benzene rings is 1. The Morgan fingerprint density at radius 1 is 1.15 bits per heavy atom. The minimum Gasteiger partial charge on any atom is -0.451 e. The Morgan fingerprint density at radius 3 is 2.41 bits per heavy atom. The second-order valence-electron chi connectivity index (χ2n) is 5.81. The van der Waals surface area contributed by atoms with E-state index in [9.17, 15) is 19.2 Å². The van der Waals surface area contributed by atoms with Gasteiger partial charge in [-0.25, -0.2) is 4.79 Å². The van der Waals surface area contributed by atoms with E-state index in [2.05, 4.69) is 16.0 Å². The number of carbonyl (C=O) groups is 4. The molecule has 0 saturated carbocycles. The van der Waals surface area contributed by atoms with Crippen LogP contribution in [0.15, 0.2) is 36.0 Å². The first-order valence-corrected chi connectivity index (χ1v) is 8.62. The molecule has 0 heterocycles. The molecule has 0 bridgehead atoms. The van der Waals surface area contributed by atoms with Gasteiger partial charge < -0.3 is 20.7 Å². The molecule has 1 aromatic rings. The van der Waals surface area contributed by atoms with Gasteiger partial charge in [0.2, 0.25) is 11.8 Å². The summed E-state index contributed by atoms with van der Waals surface area (Å²) in [6.45, 7) is 4.64. The smallest absolute Gasteiger partial charge is 0.355 e. The van der Waals surface area contributed by atoms with Crippen molar-refractivity contribution in [2.24, 2.45) is 0 Å². The fraction of sp³-hybridized carbons (Fsp3) is 0.368. The van der Waals surface area contributed by atoms with E-state index in [-0.39, 0.29) is 11.6 Å². The molecule has 0 aliphatic rings. The number of carbonyl (C=O) groups excluding carboxylic acids is 4. The summed E-state index contributed by atoms with van der Waals surface area (Å²) in [5.41, 5.74) is 0.596. The van der Waals surface area contributed by atoms with E-state index < -0.39 is 30.4 Å². The largest absolute Gasteiger partial charge is 0.451 e. The molecule has 0 aromatic heterocycles. The molecule has 0 fully saturated rings. The first-order chi connectivity index (χ1) is 12.8. The van der Waals surface area contributed by atoms with Crippen molar-refractivity contribution < 1.29 is 23.9 Å². The van der Waals surface area contributed by atoms with Gasteiger partial charge in [0.15, 0.2) is 6.61 Å². The summed E-state index contributed by atoms with van der Waals surface area (Å²) in [6.07, 6.45) is 2.23. The highest BCUT2D eigenvalue weighted by molar-refractivity contribution is 5.98. The number of rotatable bonds is 9.